The highest BCUT2D eigenvalue weighted by atomic mass is 35.5. The van der Waals surface area contributed by atoms with Crippen molar-refractivity contribution >= 4 is 28.9 Å². The quantitative estimate of drug-likeness (QED) is 0.745. The molecule has 1 amide bonds. The Morgan fingerprint density at radius 3 is 2.80 bits per heavy atom. The second-order valence-corrected chi connectivity index (χ2v) is 4.12. The summed E-state index contributed by atoms with van der Waals surface area (Å²) in [5, 5.41) is 0.547. The Kier molecular flexibility index (Phi) is 2.82. The van der Waals surface area contributed by atoms with Crippen molar-refractivity contribution < 1.29 is 4.79 Å². The van der Waals surface area contributed by atoms with Crippen LogP contribution in [0.4, 0.5) is 11.4 Å². The van der Waals surface area contributed by atoms with E-state index in [1.165, 1.54) is 0 Å². The second-order valence-electron chi connectivity index (χ2n) is 3.71. The Morgan fingerprint density at radius 1 is 1.33 bits per heavy atom. The van der Waals surface area contributed by atoms with Crippen molar-refractivity contribution in [3.8, 4) is 0 Å². The van der Waals surface area contributed by atoms with E-state index in [1.54, 1.807) is 23.1 Å². The van der Waals surface area contributed by atoms with Crippen molar-refractivity contribution in [3.63, 3.8) is 0 Å². The van der Waals surface area contributed by atoms with Crippen molar-refractivity contribution in [2.75, 3.05) is 17.2 Å². The lowest BCUT2D eigenvalue weighted by molar-refractivity contribution is -0.119. The standard InChI is InChI=1S/C11H13ClN2O/c12-9-7-8(13)4-5-10(9)14-6-2-1-3-11(14)15/h4-5,7H,1-3,6,13H2. The van der Waals surface area contributed by atoms with Crippen LogP contribution in [0.2, 0.25) is 5.02 Å². The van der Waals surface area contributed by atoms with Crippen LogP contribution in [0.1, 0.15) is 19.3 Å². The topological polar surface area (TPSA) is 46.3 Å². The number of rotatable bonds is 1. The van der Waals surface area contributed by atoms with Gasteiger partial charge in [0.15, 0.2) is 0 Å². The van der Waals surface area contributed by atoms with E-state index >= 15 is 0 Å². The minimum absolute atomic E-state index is 0.146. The molecule has 0 spiro atoms. The first-order chi connectivity index (χ1) is 7.18. The van der Waals surface area contributed by atoms with Gasteiger partial charge < -0.3 is 10.6 Å². The molecule has 0 radical (unpaired) electrons. The molecule has 0 bridgehead atoms. The first-order valence-electron chi connectivity index (χ1n) is 5.04. The van der Waals surface area contributed by atoms with Gasteiger partial charge in [-0.15, -0.1) is 0 Å². The number of carbonyl (C=O) groups excluding carboxylic acids is 1. The summed E-state index contributed by atoms with van der Waals surface area (Å²) in [6.07, 6.45) is 2.62. The molecule has 2 rings (SSSR count). The zero-order valence-corrected chi connectivity index (χ0v) is 9.13. The number of halogens is 1. The maximum atomic E-state index is 11.7. The Bertz CT molecular complexity index is 392. The number of nitrogens with zero attached hydrogens (tertiary/aromatic N) is 1. The monoisotopic (exact) mass is 224 g/mol. The van der Waals surface area contributed by atoms with Crippen LogP contribution in [0, 0.1) is 0 Å². The predicted molar refractivity (Wildman–Crippen MR) is 62.1 cm³/mol. The molecule has 1 fully saturated rings. The zero-order chi connectivity index (χ0) is 10.8. The molecular formula is C11H13ClN2O. The van der Waals surface area contributed by atoms with Crippen molar-refractivity contribution in [1.29, 1.82) is 0 Å². The number of carbonyl (C=O) groups is 1. The van der Waals surface area contributed by atoms with E-state index in [-0.39, 0.29) is 5.91 Å². The van der Waals surface area contributed by atoms with Gasteiger partial charge in [-0.1, -0.05) is 11.6 Å². The Labute approximate surface area is 93.8 Å². The number of hydrogen-bond donors (Lipinski definition) is 1. The fourth-order valence-corrected chi connectivity index (χ4v) is 2.09. The number of hydrogen-bond acceptors (Lipinski definition) is 2. The molecule has 15 heavy (non-hydrogen) atoms. The third-order valence-electron chi connectivity index (χ3n) is 2.59. The third kappa shape index (κ3) is 2.07. The van der Waals surface area contributed by atoms with Crippen molar-refractivity contribution in [2.45, 2.75) is 19.3 Å². The third-order valence-corrected chi connectivity index (χ3v) is 2.89. The molecule has 1 heterocycles. The van der Waals surface area contributed by atoms with E-state index in [2.05, 4.69) is 0 Å². The van der Waals surface area contributed by atoms with Crippen molar-refractivity contribution in [1.82, 2.24) is 0 Å². The molecule has 0 atom stereocenters. The largest absolute Gasteiger partial charge is 0.399 e. The van der Waals surface area contributed by atoms with Crippen molar-refractivity contribution in [3.05, 3.63) is 23.2 Å². The average molecular weight is 225 g/mol. The molecule has 80 valence electrons. The molecule has 1 aliphatic rings. The molecule has 0 aliphatic carbocycles. The van der Waals surface area contributed by atoms with Crippen LogP contribution in [0.5, 0.6) is 0 Å². The van der Waals surface area contributed by atoms with Gasteiger partial charge in [-0.2, -0.15) is 0 Å². The Morgan fingerprint density at radius 2 is 2.13 bits per heavy atom. The lowest BCUT2D eigenvalue weighted by atomic mass is 10.1. The molecule has 3 nitrogen and oxygen atoms in total. The molecule has 0 aromatic heterocycles. The molecule has 1 aliphatic heterocycles. The summed E-state index contributed by atoms with van der Waals surface area (Å²) < 4.78 is 0. The highest BCUT2D eigenvalue weighted by Gasteiger charge is 2.21. The Balaban J connectivity index is 2.31. The predicted octanol–water partition coefficient (Wildman–Crippen LogP) is 2.44. The van der Waals surface area contributed by atoms with E-state index in [9.17, 15) is 4.79 Å². The number of anilines is 2. The summed E-state index contributed by atoms with van der Waals surface area (Å²) in [6, 6.07) is 5.25. The maximum Gasteiger partial charge on any atom is 0.227 e. The molecule has 2 N–H and O–H groups in total. The smallest absolute Gasteiger partial charge is 0.227 e. The van der Waals surface area contributed by atoms with Gasteiger partial charge in [-0.25, -0.2) is 0 Å². The van der Waals surface area contributed by atoms with E-state index in [1.807, 2.05) is 0 Å². The average Bonchev–Trinajstić information content (AvgIpc) is 2.20. The van der Waals surface area contributed by atoms with E-state index in [0.29, 0.717) is 17.1 Å². The lowest BCUT2D eigenvalue weighted by Crippen LogP contribution is -2.35. The second kappa shape index (κ2) is 4.11. The van der Waals surface area contributed by atoms with Gasteiger partial charge in [0.2, 0.25) is 5.91 Å². The summed E-state index contributed by atoms with van der Waals surface area (Å²) in [5.41, 5.74) is 7.00. The SMILES string of the molecule is Nc1ccc(N2CCCCC2=O)c(Cl)c1. The molecule has 1 aromatic carbocycles. The van der Waals surface area contributed by atoms with Gasteiger partial charge in [-0.05, 0) is 31.0 Å². The molecule has 0 unspecified atom stereocenters. The highest BCUT2D eigenvalue weighted by molar-refractivity contribution is 6.34. The maximum absolute atomic E-state index is 11.7. The minimum Gasteiger partial charge on any atom is -0.399 e. The van der Waals surface area contributed by atoms with Gasteiger partial charge in [0.1, 0.15) is 0 Å². The van der Waals surface area contributed by atoms with Crippen LogP contribution in [-0.2, 0) is 4.79 Å². The zero-order valence-electron chi connectivity index (χ0n) is 8.37. The fraction of sp³-hybridized carbons (Fsp3) is 0.364. The van der Waals surface area contributed by atoms with Crippen molar-refractivity contribution in [2.24, 2.45) is 0 Å². The number of nitrogens with two attached hydrogens (primary N) is 1. The first kappa shape index (κ1) is 10.3. The van der Waals surface area contributed by atoms with Crippen LogP contribution in [0.3, 0.4) is 0 Å². The summed E-state index contributed by atoms with van der Waals surface area (Å²) >= 11 is 6.05. The van der Waals surface area contributed by atoms with Gasteiger partial charge in [0, 0.05) is 18.7 Å². The fourth-order valence-electron chi connectivity index (χ4n) is 1.80. The summed E-state index contributed by atoms with van der Waals surface area (Å²) in [5.74, 6) is 0.146. The number of nitrogen functional groups attached to an aromatic ring is 1. The van der Waals surface area contributed by atoms with Gasteiger partial charge >= 0.3 is 0 Å². The minimum atomic E-state index is 0.146. The summed E-state index contributed by atoms with van der Waals surface area (Å²) in [4.78, 5) is 13.4. The number of amides is 1. The van der Waals surface area contributed by atoms with Crippen LogP contribution < -0.4 is 10.6 Å². The van der Waals surface area contributed by atoms with Crippen LogP contribution in [-0.4, -0.2) is 12.5 Å². The number of benzene rings is 1. The molecule has 0 saturated carbocycles. The van der Waals surface area contributed by atoms with E-state index in [4.69, 9.17) is 17.3 Å². The molecule has 1 aromatic rings. The Hall–Kier alpha value is -1.22. The van der Waals surface area contributed by atoms with Gasteiger partial charge in [0.25, 0.3) is 0 Å². The molecular weight excluding hydrogens is 212 g/mol. The van der Waals surface area contributed by atoms with Crippen LogP contribution >= 0.6 is 11.6 Å². The van der Waals surface area contributed by atoms with Gasteiger partial charge in [0.05, 0.1) is 10.7 Å². The number of piperidine rings is 1. The first-order valence-corrected chi connectivity index (χ1v) is 5.41. The van der Waals surface area contributed by atoms with E-state index < -0.39 is 0 Å². The van der Waals surface area contributed by atoms with Crippen LogP contribution in [0.15, 0.2) is 18.2 Å². The summed E-state index contributed by atoms with van der Waals surface area (Å²) in [6.45, 7) is 0.752. The highest BCUT2D eigenvalue weighted by Crippen LogP contribution is 2.30. The van der Waals surface area contributed by atoms with Gasteiger partial charge in [-0.3, -0.25) is 4.79 Å². The van der Waals surface area contributed by atoms with Crippen LogP contribution in [0.25, 0.3) is 0 Å². The normalized spacial score (nSPS) is 16.9. The lowest BCUT2D eigenvalue weighted by Gasteiger charge is -2.27. The summed E-state index contributed by atoms with van der Waals surface area (Å²) in [7, 11) is 0. The van der Waals surface area contributed by atoms with E-state index in [0.717, 1.165) is 25.1 Å². The molecule has 4 heteroatoms. The molecule has 1 saturated heterocycles.